The molecule has 146 valence electrons. The maximum atomic E-state index is 4.76. The van der Waals surface area contributed by atoms with Crippen molar-refractivity contribution in [2.24, 2.45) is 10.1 Å². The number of aliphatic imine (C=N–C) groups is 1. The number of unbranched alkanes of at least 4 members (excludes halogenated alkanes) is 5. The zero-order valence-electron chi connectivity index (χ0n) is 16.7. The summed E-state index contributed by atoms with van der Waals surface area (Å²) >= 11 is 1.63. The lowest BCUT2D eigenvalue weighted by atomic mass is 10.1. The molecule has 4 nitrogen and oxygen atoms in total. The molecule has 3 rings (SSSR count). The Morgan fingerprint density at radius 3 is 2.61 bits per heavy atom. The largest absolute Gasteiger partial charge is 0.259 e. The van der Waals surface area contributed by atoms with E-state index in [1.807, 2.05) is 36.5 Å². The summed E-state index contributed by atoms with van der Waals surface area (Å²) < 4.78 is 1.15. The second-order valence-corrected chi connectivity index (χ2v) is 7.94. The summed E-state index contributed by atoms with van der Waals surface area (Å²) in [5.74, 6) is 0.687. The van der Waals surface area contributed by atoms with E-state index in [0.29, 0.717) is 5.84 Å². The van der Waals surface area contributed by atoms with Crippen molar-refractivity contribution in [3.05, 3.63) is 59.1 Å². The fourth-order valence-corrected chi connectivity index (χ4v) is 3.76. The Hall–Kier alpha value is -2.53. The molecule has 0 aliphatic rings. The smallest absolute Gasteiger partial charge is 0.183 e. The van der Waals surface area contributed by atoms with Crippen molar-refractivity contribution in [3.8, 4) is 0 Å². The zero-order chi connectivity index (χ0) is 19.6. The molecule has 0 aliphatic carbocycles. The quantitative estimate of drug-likeness (QED) is 0.192. The van der Waals surface area contributed by atoms with E-state index in [1.54, 1.807) is 11.3 Å². The van der Waals surface area contributed by atoms with Gasteiger partial charge in [-0.1, -0.05) is 62.4 Å². The molecule has 1 heterocycles. The van der Waals surface area contributed by atoms with Gasteiger partial charge in [-0.2, -0.15) is 5.10 Å². The molecule has 0 bridgehead atoms. The maximum Gasteiger partial charge on any atom is 0.183 e. The summed E-state index contributed by atoms with van der Waals surface area (Å²) in [5, 5.41) is 5.26. The van der Waals surface area contributed by atoms with Crippen molar-refractivity contribution in [1.29, 1.82) is 0 Å². The minimum atomic E-state index is 0.687. The van der Waals surface area contributed by atoms with Crippen molar-refractivity contribution in [2.45, 2.75) is 52.4 Å². The Bertz CT molecular complexity index is 892. The van der Waals surface area contributed by atoms with E-state index in [2.05, 4.69) is 42.6 Å². The Kier molecular flexibility index (Phi) is 7.73. The molecular weight excluding hydrogens is 364 g/mol. The van der Waals surface area contributed by atoms with Crippen LogP contribution in [0.1, 0.15) is 56.0 Å². The number of hydrazone groups is 1. The third-order valence-corrected chi connectivity index (χ3v) is 5.51. The molecule has 2 aromatic carbocycles. The third kappa shape index (κ3) is 5.99. The lowest BCUT2D eigenvalue weighted by Gasteiger charge is -2.03. The van der Waals surface area contributed by atoms with Crippen LogP contribution in [-0.4, -0.2) is 17.0 Å². The minimum Gasteiger partial charge on any atom is -0.259 e. The number of aromatic nitrogens is 1. The number of rotatable bonds is 9. The Balaban J connectivity index is 1.72. The molecule has 0 amide bonds. The molecule has 28 heavy (non-hydrogen) atoms. The molecule has 0 radical (unpaired) electrons. The number of benzene rings is 2. The second kappa shape index (κ2) is 10.7. The van der Waals surface area contributed by atoms with Crippen molar-refractivity contribution >= 4 is 39.3 Å². The highest BCUT2D eigenvalue weighted by Crippen LogP contribution is 2.23. The van der Waals surface area contributed by atoms with Gasteiger partial charge in [0.05, 0.1) is 15.9 Å². The van der Waals surface area contributed by atoms with Crippen molar-refractivity contribution in [3.63, 3.8) is 0 Å². The van der Waals surface area contributed by atoms with Gasteiger partial charge in [-0.3, -0.25) is 5.43 Å². The standard InChI is InChI=1S/C23H28N4S/c1-3-4-5-6-7-10-17-24-27-22(25-19-15-13-18(2)14-16-19)23-26-20-11-8-9-12-21(20)28-23/h8-9,11-17H,3-7,10H2,1-2H3,(H,25,27). The van der Waals surface area contributed by atoms with E-state index < -0.39 is 0 Å². The van der Waals surface area contributed by atoms with Crippen LogP contribution in [0, 0.1) is 6.92 Å². The molecular formula is C23H28N4S. The van der Waals surface area contributed by atoms with E-state index >= 15 is 0 Å². The lowest BCUT2D eigenvalue weighted by molar-refractivity contribution is 0.644. The molecule has 0 fully saturated rings. The molecule has 0 saturated carbocycles. The number of amidine groups is 1. The summed E-state index contributed by atoms with van der Waals surface area (Å²) in [6.45, 7) is 4.31. The van der Waals surface area contributed by atoms with Crippen LogP contribution in [0.25, 0.3) is 10.2 Å². The van der Waals surface area contributed by atoms with Crippen molar-refractivity contribution in [2.75, 3.05) is 0 Å². The molecule has 0 unspecified atom stereocenters. The number of thiazole rings is 1. The highest BCUT2D eigenvalue weighted by atomic mass is 32.1. The van der Waals surface area contributed by atoms with Crippen molar-refractivity contribution in [1.82, 2.24) is 10.4 Å². The first-order valence-corrected chi connectivity index (χ1v) is 10.9. The number of para-hydroxylation sites is 1. The summed E-state index contributed by atoms with van der Waals surface area (Å²) in [6, 6.07) is 16.3. The summed E-state index contributed by atoms with van der Waals surface area (Å²) in [6.07, 6.45) is 9.28. The lowest BCUT2D eigenvalue weighted by Crippen LogP contribution is -2.18. The van der Waals surface area contributed by atoms with E-state index in [-0.39, 0.29) is 0 Å². The number of nitrogens with zero attached hydrogens (tertiary/aromatic N) is 3. The average Bonchev–Trinajstić information content (AvgIpc) is 3.15. The number of nitrogens with one attached hydrogen (secondary N) is 1. The monoisotopic (exact) mass is 392 g/mol. The predicted molar refractivity (Wildman–Crippen MR) is 122 cm³/mol. The van der Waals surface area contributed by atoms with Gasteiger partial charge in [-0.25, -0.2) is 9.98 Å². The number of aryl methyl sites for hydroxylation is 1. The molecule has 1 aromatic heterocycles. The number of hydrogen-bond acceptors (Lipinski definition) is 4. The van der Waals surface area contributed by atoms with Gasteiger partial charge in [0, 0.05) is 6.21 Å². The van der Waals surface area contributed by atoms with Gasteiger partial charge in [-0.15, -0.1) is 11.3 Å². The van der Waals surface area contributed by atoms with Crippen LogP contribution >= 0.6 is 11.3 Å². The first-order chi connectivity index (χ1) is 13.8. The zero-order valence-corrected chi connectivity index (χ0v) is 17.5. The van der Waals surface area contributed by atoms with Gasteiger partial charge in [0.2, 0.25) is 0 Å². The van der Waals surface area contributed by atoms with Gasteiger partial charge in [0.15, 0.2) is 10.8 Å². The van der Waals surface area contributed by atoms with Crippen LogP contribution in [0.2, 0.25) is 0 Å². The molecule has 3 aromatic rings. The Morgan fingerprint density at radius 2 is 1.82 bits per heavy atom. The van der Waals surface area contributed by atoms with Gasteiger partial charge < -0.3 is 0 Å². The van der Waals surface area contributed by atoms with Gasteiger partial charge >= 0.3 is 0 Å². The van der Waals surface area contributed by atoms with Crippen LogP contribution in [0.15, 0.2) is 58.6 Å². The predicted octanol–water partition coefficient (Wildman–Crippen LogP) is 6.62. The summed E-state index contributed by atoms with van der Waals surface area (Å²) in [4.78, 5) is 9.49. The first kappa shape index (κ1) is 20.2. The van der Waals surface area contributed by atoms with Crippen LogP contribution in [0.3, 0.4) is 0 Å². The average molecular weight is 393 g/mol. The van der Waals surface area contributed by atoms with Crippen LogP contribution < -0.4 is 5.43 Å². The van der Waals surface area contributed by atoms with E-state index in [0.717, 1.165) is 27.3 Å². The Labute approximate surface area is 171 Å². The van der Waals surface area contributed by atoms with E-state index in [1.165, 1.54) is 37.7 Å². The molecule has 0 spiro atoms. The van der Waals surface area contributed by atoms with Crippen LogP contribution in [-0.2, 0) is 0 Å². The first-order valence-electron chi connectivity index (χ1n) is 10.0. The molecule has 0 saturated heterocycles. The third-order valence-electron chi connectivity index (χ3n) is 4.47. The van der Waals surface area contributed by atoms with E-state index in [9.17, 15) is 0 Å². The highest BCUT2D eigenvalue weighted by molar-refractivity contribution is 7.20. The van der Waals surface area contributed by atoms with Gasteiger partial charge in [-0.05, 0) is 44.0 Å². The van der Waals surface area contributed by atoms with Gasteiger partial charge in [0.25, 0.3) is 0 Å². The normalized spacial score (nSPS) is 12.1. The fourth-order valence-electron chi connectivity index (χ4n) is 2.85. The fraction of sp³-hybridized carbons (Fsp3) is 0.348. The van der Waals surface area contributed by atoms with E-state index in [4.69, 9.17) is 9.98 Å². The highest BCUT2D eigenvalue weighted by Gasteiger charge is 2.10. The molecule has 5 heteroatoms. The molecule has 0 atom stereocenters. The summed E-state index contributed by atoms with van der Waals surface area (Å²) in [5.41, 5.74) is 6.22. The summed E-state index contributed by atoms with van der Waals surface area (Å²) in [7, 11) is 0. The van der Waals surface area contributed by atoms with Crippen LogP contribution in [0.4, 0.5) is 5.69 Å². The second-order valence-electron chi connectivity index (χ2n) is 6.91. The van der Waals surface area contributed by atoms with Crippen LogP contribution in [0.5, 0.6) is 0 Å². The van der Waals surface area contributed by atoms with Gasteiger partial charge in [0.1, 0.15) is 0 Å². The molecule has 1 N–H and O–H groups in total. The minimum absolute atomic E-state index is 0.687. The topological polar surface area (TPSA) is 49.6 Å². The maximum absolute atomic E-state index is 4.76. The van der Waals surface area contributed by atoms with Crippen molar-refractivity contribution < 1.29 is 0 Å². The number of fused-ring (bicyclic) bond motifs is 1. The SMILES string of the molecule is CCCCCCCC=NNC(=Nc1ccc(C)cc1)c1nc2ccccc2s1. The molecule has 0 aliphatic heterocycles. The number of hydrogen-bond donors (Lipinski definition) is 1. The Morgan fingerprint density at radius 1 is 1.04 bits per heavy atom.